The van der Waals surface area contributed by atoms with E-state index in [1.165, 1.54) is 10.9 Å². The van der Waals surface area contributed by atoms with Crippen LogP contribution < -0.4 is 10.6 Å². The van der Waals surface area contributed by atoms with Crippen molar-refractivity contribution in [2.45, 2.75) is 13.1 Å². The molecule has 0 unspecified atom stereocenters. The van der Waals surface area contributed by atoms with Crippen LogP contribution in [0.5, 0.6) is 0 Å². The summed E-state index contributed by atoms with van der Waals surface area (Å²) in [5.41, 5.74) is 0.843. The van der Waals surface area contributed by atoms with Gasteiger partial charge in [0.2, 0.25) is 0 Å². The molecule has 0 saturated heterocycles. The molecule has 0 spiro atoms. The first-order valence-corrected chi connectivity index (χ1v) is 7.77. The molecular formula is C15H16F2N8O2. The van der Waals surface area contributed by atoms with Gasteiger partial charge in [-0.2, -0.15) is 24.1 Å². The van der Waals surface area contributed by atoms with Gasteiger partial charge in [0.25, 0.3) is 11.8 Å². The lowest BCUT2D eigenvalue weighted by Gasteiger charge is -2.07. The van der Waals surface area contributed by atoms with E-state index in [0.717, 1.165) is 17.8 Å². The molecule has 142 valence electrons. The van der Waals surface area contributed by atoms with E-state index in [1.807, 2.05) is 0 Å². The Balaban J connectivity index is 1.71. The number of carbonyl (C=O) groups excluding carboxylic acids is 2. The largest absolute Gasteiger partial charge is 0.346 e. The Morgan fingerprint density at radius 2 is 1.96 bits per heavy atom. The summed E-state index contributed by atoms with van der Waals surface area (Å²) in [6, 6.07) is 1.15. The van der Waals surface area contributed by atoms with Crippen molar-refractivity contribution >= 4 is 17.5 Å². The highest BCUT2D eigenvalue weighted by Gasteiger charge is 2.21. The highest BCUT2D eigenvalue weighted by atomic mass is 19.3. The van der Waals surface area contributed by atoms with Crippen LogP contribution in [0.25, 0.3) is 0 Å². The van der Waals surface area contributed by atoms with E-state index in [4.69, 9.17) is 0 Å². The third-order valence-electron chi connectivity index (χ3n) is 3.65. The van der Waals surface area contributed by atoms with Gasteiger partial charge in [-0.25, -0.2) is 4.68 Å². The predicted octanol–water partition coefficient (Wildman–Crippen LogP) is 0.927. The number of anilines is 1. The predicted molar refractivity (Wildman–Crippen MR) is 89.0 cm³/mol. The SMILES string of the molecule is Cn1cc(CNC(=O)c2c(NC(=O)c3ccn(C(F)F)n3)cnn2C)cn1. The number of halogens is 2. The summed E-state index contributed by atoms with van der Waals surface area (Å²) in [7, 11) is 3.30. The third kappa shape index (κ3) is 3.99. The molecule has 0 radical (unpaired) electrons. The molecule has 0 aliphatic carbocycles. The summed E-state index contributed by atoms with van der Waals surface area (Å²) in [5, 5.41) is 16.6. The lowest BCUT2D eigenvalue weighted by atomic mass is 10.3. The molecule has 3 rings (SSSR count). The minimum Gasteiger partial charge on any atom is -0.346 e. The van der Waals surface area contributed by atoms with Gasteiger partial charge in [0.1, 0.15) is 5.69 Å². The van der Waals surface area contributed by atoms with Crippen molar-refractivity contribution in [3.8, 4) is 0 Å². The number of hydrogen-bond donors (Lipinski definition) is 2. The second-order valence-electron chi connectivity index (χ2n) is 5.65. The summed E-state index contributed by atoms with van der Waals surface area (Å²) in [5.74, 6) is -1.20. The normalized spacial score (nSPS) is 11.0. The molecule has 2 N–H and O–H groups in total. The lowest BCUT2D eigenvalue weighted by Crippen LogP contribution is -2.26. The molecule has 0 saturated carbocycles. The standard InChI is InChI=1S/C15H16F2N8O2/c1-23-8-9(6-19-23)5-18-14(27)12-11(7-20-24(12)2)21-13(26)10-3-4-25(22-10)15(16)17/h3-4,6-8,15H,5H2,1-2H3,(H,18,27)(H,21,26). The fourth-order valence-electron chi connectivity index (χ4n) is 2.38. The van der Waals surface area contributed by atoms with Crippen molar-refractivity contribution < 1.29 is 18.4 Å². The molecule has 0 atom stereocenters. The van der Waals surface area contributed by atoms with Crippen molar-refractivity contribution in [3.05, 3.63) is 47.8 Å². The maximum absolute atomic E-state index is 12.6. The summed E-state index contributed by atoms with van der Waals surface area (Å²) < 4.78 is 28.4. The van der Waals surface area contributed by atoms with Gasteiger partial charge in [0.05, 0.1) is 18.1 Å². The third-order valence-corrected chi connectivity index (χ3v) is 3.65. The molecule has 27 heavy (non-hydrogen) atoms. The summed E-state index contributed by atoms with van der Waals surface area (Å²) in [4.78, 5) is 24.7. The molecule has 0 aromatic carbocycles. The Morgan fingerprint density at radius 3 is 2.59 bits per heavy atom. The molecule has 3 heterocycles. The molecule has 0 aliphatic rings. The minimum absolute atomic E-state index is 0.112. The van der Waals surface area contributed by atoms with Crippen LogP contribution in [0.1, 0.15) is 33.1 Å². The number of carbonyl (C=O) groups is 2. The quantitative estimate of drug-likeness (QED) is 0.663. The van der Waals surface area contributed by atoms with Gasteiger partial charge >= 0.3 is 6.55 Å². The molecule has 0 fully saturated rings. The van der Waals surface area contributed by atoms with E-state index >= 15 is 0 Å². The first kappa shape index (κ1) is 18.2. The number of aryl methyl sites for hydroxylation is 2. The van der Waals surface area contributed by atoms with Gasteiger partial charge in [-0.3, -0.25) is 19.0 Å². The van der Waals surface area contributed by atoms with E-state index in [-0.39, 0.29) is 23.6 Å². The van der Waals surface area contributed by atoms with E-state index in [1.54, 1.807) is 31.2 Å². The highest BCUT2D eigenvalue weighted by Crippen LogP contribution is 2.16. The van der Waals surface area contributed by atoms with Crippen LogP contribution in [0.4, 0.5) is 14.5 Å². The number of alkyl halides is 2. The zero-order valence-electron chi connectivity index (χ0n) is 14.4. The Kier molecular flexibility index (Phi) is 4.96. The molecule has 3 aromatic heterocycles. The monoisotopic (exact) mass is 378 g/mol. The molecule has 10 nitrogen and oxygen atoms in total. The number of hydrogen-bond acceptors (Lipinski definition) is 5. The van der Waals surface area contributed by atoms with Crippen LogP contribution in [-0.4, -0.2) is 41.2 Å². The van der Waals surface area contributed by atoms with Crippen LogP contribution in [0.3, 0.4) is 0 Å². The Labute approximate surface area is 151 Å². The Bertz CT molecular complexity index is 974. The average Bonchev–Trinajstić information content (AvgIpc) is 3.33. The second-order valence-corrected chi connectivity index (χ2v) is 5.65. The van der Waals surface area contributed by atoms with Crippen molar-refractivity contribution in [3.63, 3.8) is 0 Å². The minimum atomic E-state index is -2.85. The van der Waals surface area contributed by atoms with Crippen molar-refractivity contribution in [1.29, 1.82) is 0 Å². The van der Waals surface area contributed by atoms with Gasteiger partial charge in [0, 0.05) is 38.6 Å². The molecule has 2 amide bonds. The van der Waals surface area contributed by atoms with E-state index in [2.05, 4.69) is 25.9 Å². The van der Waals surface area contributed by atoms with Crippen LogP contribution in [0.2, 0.25) is 0 Å². The summed E-state index contributed by atoms with van der Waals surface area (Å²) >= 11 is 0. The molecular weight excluding hydrogens is 362 g/mol. The fourth-order valence-corrected chi connectivity index (χ4v) is 2.38. The van der Waals surface area contributed by atoms with Crippen LogP contribution in [0.15, 0.2) is 30.9 Å². The number of rotatable bonds is 6. The number of amides is 2. The number of nitrogens with zero attached hydrogens (tertiary/aromatic N) is 6. The van der Waals surface area contributed by atoms with Gasteiger partial charge in [-0.05, 0) is 6.07 Å². The zero-order chi connectivity index (χ0) is 19.6. The first-order chi connectivity index (χ1) is 12.8. The topological polar surface area (TPSA) is 112 Å². The molecule has 0 aliphatic heterocycles. The van der Waals surface area contributed by atoms with Gasteiger partial charge in [-0.1, -0.05) is 0 Å². The smallest absolute Gasteiger partial charge is 0.333 e. The van der Waals surface area contributed by atoms with Crippen LogP contribution >= 0.6 is 0 Å². The van der Waals surface area contributed by atoms with Gasteiger partial charge in [-0.15, -0.1) is 0 Å². The van der Waals surface area contributed by atoms with Gasteiger partial charge in [0.15, 0.2) is 5.69 Å². The second kappa shape index (κ2) is 7.35. The van der Waals surface area contributed by atoms with E-state index < -0.39 is 18.4 Å². The van der Waals surface area contributed by atoms with Crippen LogP contribution in [-0.2, 0) is 20.6 Å². The van der Waals surface area contributed by atoms with Crippen LogP contribution in [0, 0.1) is 0 Å². The van der Waals surface area contributed by atoms with E-state index in [9.17, 15) is 18.4 Å². The maximum Gasteiger partial charge on any atom is 0.333 e. The van der Waals surface area contributed by atoms with E-state index in [0.29, 0.717) is 4.68 Å². The number of aromatic nitrogens is 6. The summed E-state index contributed by atoms with van der Waals surface area (Å²) in [6.45, 7) is -2.61. The maximum atomic E-state index is 12.6. The molecule has 0 bridgehead atoms. The molecule has 12 heteroatoms. The average molecular weight is 378 g/mol. The molecule has 3 aromatic rings. The highest BCUT2D eigenvalue weighted by molar-refractivity contribution is 6.07. The van der Waals surface area contributed by atoms with Crippen molar-refractivity contribution in [2.24, 2.45) is 14.1 Å². The Morgan fingerprint density at radius 1 is 1.19 bits per heavy atom. The zero-order valence-corrected chi connectivity index (χ0v) is 14.4. The van der Waals surface area contributed by atoms with Crippen molar-refractivity contribution in [2.75, 3.05) is 5.32 Å². The fraction of sp³-hybridized carbons (Fsp3) is 0.267. The number of nitrogens with one attached hydrogen (secondary N) is 2. The Hall–Kier alpha value is -3.57. The van der Waals surface area contributed by atoms with Crippen molar-refractivity contribution in [1.82, 2.24) is 34.7 Å². The summed E-state index contributed by atoms with van der Waals surface area (Å²) in [6.07, 6.45) is 5.66. The van der Waals surface area contributed by atoms with Gasteiger partial charge < -0.3 is 10.6 Å². The first-order valence-electron chi connectivity index (χ1n) is 7.77. The lowest BCUT2D eigenvalue weighted by molar-refractivity contribution is 0.0561.